The second-order valence-corrected chi connectivity index (χ2v) is 11.3. The molecule has 0 aliphatic rings. The first-order valence-electron chi connectivity index (χ1n) is 11.1. The molecule has 2 N–H and O–H groups in total. The molecule has 0 amide bonds. The predicted molar refractivity (Wildman–Crippen MR) is 144 cm³/mol. The average molecular weight is 565 g/mol. The van der Waals surface area contributed by atoms with Gasteiger partial charge in [-0.15, -0.1) is 0 Å². The van der Waals surface area contributed by atoms with Crippen LogP contribution in [0.4, 0.5) is 0 Å². The van der Waals surface area contributed by atoms with E-state index in [1.165, 1.54) is 7.05 Å². The Labute approximate surface area is 214 Å². The summed E-state index contributed by atoms with van der Waals surface area (Å²) in [6.07, 6.45) is 1.90. The highest BCUT2D eigenvalue weighted by molar-refractivity contribution is 9.10. The number of aromatic nitrogens is 5. The van der Waals surface area contributed by atoms with Gasteiger partial charge in [-0.25, -0.2) is 22.9 Å². The molecule has 0 saturated heterocycles. The monoisotopic (exact) mass is 564 g/mol. The zero-order valence-corrected chi connectivity index (χ0v) is 22.0. The van der Waals surface area contributed by atoms with Crippen molar-refractivity contribution in [2.45, 2.75) is 4.90 Å². The van der Waals surface area contributed by atoms with Gasteiger partial charge in [0.1, 0.15) is 5.82 Å². The van der Waals surface area contributed by atoms with Crippen molar-refractivity contribution in [1.82, 2.24) is 28.4 Å². The van der Waals surface area contributed by atoms with E-state index >= 15 is 0 Å². The van der Waals surface area contributed by atoms with Gasteiger partial charge in [-0.1, -0.05) is 22.0 Å². The number of hydrogen-bond acceptors (Lipinski definition) is 4. The first-order chi connectivity index (χ1) is 17.2. The molecule has 0 atom stereocenters. The number of benzene rings is 3. The van der Waals surface area contributed by atoms with Crippen LogP contribution >= 0.6 is 15.9 Å². The van der Waals surface area contributed by atoms with Gasteiger partial charge in [-0.05, 0) is 55.6 Å². The van der Waals surface area contributed by atoms with Gasteiger partial charge >= 0.3 is 5.69 Å². The number of nitrogens with zero attached hydrogens (tertiary/aromatic N) is 4. The molecule has 0 saturated carbocycles. The topological polar surface area (TPSA) is 107 Å². The van der Waals surface area contributed by atoms with Gasteiger partial charge in [0.2, 0.25) is 10.0 Å². The molecule has 36 heavy (non-hydrogen) atoms. The fraction of sp³-hybridized carbons (Fsp3) is 0.120. The highest BCUT2D eigenvalue weighted by atomic mass is 79.9. The fourth-order valence-corrected chi connectivity index (χ4v) is 6.06. The molecule has 9 nitrogen and oxygen atoms in total. The molecule has 6 rings (SSSR count). The molecule has 6 aromatic rings. The van der Waals surface area contributed by atoms with E-state index in [2.05, 4.69) is 25.6 Å². The molecule has 182 valence electrons. The highest BCUT2D eigenvalue weighted by Crippen LogP contribution is 2.37. The Balaban J connectivity index is 1.74. The van der Waals surface area contributed by atoms with Crippen molar-refractivity contribution < 1.29 is 8.42 Å². The summed E-state index contributed by atoms with van der Waals surface area (Å²) in [4.78, 5) is 20.9. The zero-order chi connectivity index (χ0) is 25.4. The molecule has 0 bridgehead atoms. The molecule has 3 heterocycles. The first-order valence-corrected chi connectivity index (χ1v) is 13.4. The number of hydrogen-bond donors (Lipinski definition) is 2. The Kier molecular flexibility index (Phi) is 5.01. The number of halogens is 1. The minimum atomic E-state index is -3.67. The van der Waals surface area contributed by atoms with Crippen molar-refractivity contribution in [3.63, 3.8) is 0 Å². The van der Waals surface area contributed by atoms with Crippen LogP contribution in [0, 0.1) is 0 Å². The van der Waals surface area contributed by atoms with E-state index in [9.17, 15) is 13.2 Å². The average Bonchev–Trinajstić information content (AvgIpc) is 3.53. The Morgan fingerprint density at radius 1 is 0.972 bits per heavy atom. The third kappa shape index (κ3) is 3.20. The van der Waals surface area contributed by atoms with E-state index in [1.54, 1.807) is 41.4 Å². The third-order valence-electron chi connectivity index (χ3n) is 6.61. The number of fused-ring (bicyclic) bond motifs is 3. The van der Waals surface area contributed by atoms with Gasteiger partial charge in [0.25, 0.3) is 0 Å². The maximum absolute atomic E-state index is 12.6. The minimum Gasteiger partial charge on any atom is -0.360 e. The summed E-state index contributed by atoms with van der Waals surface area (Å²) >= 11 is 3.66. The molecule has 3 aromatic heterocycles. The molecule has 0 unspecified atom stereocenters. The lowest BCUT2D eigenvalue weighted by atomic mass is 10.1. The van der Waals surface area contributed by atoms with Crippen LogP contribution in [0.15, 0.2) is 75.0 Å². The number of sulfonamides is 1. The normalized spacial score (nSPS) is 12.3. The summed E-state index contributed by atoms with van der Waals surface area (Å²) in [5, 5.41) is 0.963. The minimum absolute atomic E-state index is 0.124. The van der Waals surface area contributed by atoms with E-state index < -0.39 is 10.0 Å². The summed E-state index contributed by atoms with van der Waals surface area (Å²) in [5.74, 6) is 0.641. The van der Waals surface area contributed by atoms with Gasteiger partial charge < -0.3 is 4.98 Å². The summed E-state index contributed by atoms with van der Waals surface area (Å²) in [5.41, 5.74) is 5.25. The third-order valence-corrected chi connectivity index (χ3v) is 8.69. The van der Waals surface area contributed by atoms with Crippen molar-refractivity contribution in [2.75, 3.05) is 7.05 Å². The van der Waals surface area contributed by atoms with Crippen LogP contribution < -0.4 is 10.4 Å². The van der Waals surface area contributed by atoms with Crippen LogP contribution in [0.25, 0.3) is 50.0 Å². The number of rotatable bonds is 4. The largest absolute Gasteiger partial charge is 0.360 e. The Bertz CT molecular complexity index is 2010. The van der Waals surface area contributed by atoms with Gasteiger partial charge in [-0.2, -0.15) is 0 Å². The van der Waals surface area contributed by atoms with Crippen LogP contribution in [0.3, 0.4) is 0 Å². The van der Waals surface area contributed by atoms with E-state index in [4.69, 9.17) is 4.98 Å². The van der Waals surface area contributed by atoms with Gasteiger partial charge in [0.05, 0.1) is 27.0 Å². The van der Waals surface area contributed by atoms with Crippen LogP contribution in [0.2, 0.25) is 0 Å². The number of aromatic amines is 1. The van der Waals surface area contributed by atoms with Crippen molar-refractivity contribution in [2.24, 2.45) is 14.1 Å². The number of nitrogens with one attached hydrogen (secondary N) is 2. The Hall–Kier alpha value is -3.67. The molecule has 0 radical (unpaired) electrons. The number of aryl methyl sites for hydroxylation is 2. The zero-order valence-electron chi connectivity index (χ0n) is 19.6. The van der Waals surface area contributed by atoms with Crippen LogP contribution in [-0.4, -0.2) is 39.1 Å². The second-order valence-electron chi connectivity index (χ2n) is 8.57. The van der Waals surface area contributed by atoms with Crippen molar-refractivity contribution in [3.8, 4) is 17.1 Å². The van der Waals surface area contributed by atoms with Crippen LogP contribution in [0.1, 0.15) is 0 Å². The van der Waals surface area contributed by atoms with E-state index in [-0.39, 0.29) is 10.6 Å². The molecular weight excluding hydrogens is 544 g/mol. The second kappa shape index (κ2) is 7.92. The predicted octanol–water partition coefficient (Wildman–Crippen LogP) is 4.03. The lowest BCUT2D eigenvalue weighted by Gasteiger charge is -2.11. The van der Waals surface area contributed by atoms with Gasteiger partial charge in [0.15, 0.2) is 0 Å². The molecule has 0 spiro atoms. The highest BCUT2D eigenvalue weighted by Gasteiger charge is 2.22. The summed E-state index contributed by atoms with van der Waals surface area (Å²) < 4.78 is 33.6. The summed E-state index contributed by atoms with van der Waals surface area (Å²) in [7, 11) is 1.18. The SMILES string of the molecule is CNS(=O)(=O)c1ccc2nc(-c3c[nH]c4cccc(Br)c34)n(-c3ccc4c(c3)n(C)c(=O)n4C)c2c1. The van der Waals surface area contributed by atoms with Gasteiger partial charge in [0, 0.05) is 46.9 Å². The smallest absolute Gasteiger partial charge is 0.328 e. The van der Waals surface area contributed by atoms with Crippen molar-refractivity contribution in [1.29, 1.82) is 0 Å². The molecule has 0 aliphatic carbocycles. The van der Waals surface area contributed by atoms with E-state index in [1.807, 2.05) is 47.2 Å². The molecule has 11 heteroatoms. The first kappa shape index (κ1) is 22.8. The molecule has 0 fully saturated rings. The van der Waals surface area contributed by atoms with E-state index in [0.717, 1.165) is 37.7 Å². The Morgan fingerprint density at radius 3 is 2.53 bits per heavy atom. The quantitative estimate of drug-likeness (QED) is 0.337. The standard InChI is InChI=1S/C25H21BrN6O3S/c1-27-36(34,35)15-8-9-18-21(12-15)32(14-7-10-20-22(11-14)31(3)25(33)30(20)2)24(29-18)16-13-28-19-6-4-5-17(26)23(16)19/h4-13,27-28H,1-3H3. The lowest BCUT2D eigenvalue weighted by molar-refractivity contribution is 0.588. The maximum Gasteiger partial charge on any atom is 0.328 e. The summed E-state index contributed by atoms with van der Waals surface area (Å²) in [6.45, 7) is 0. The maximum atomic E-state index is 12.6. The Morgan fingerprint density at radius 2 is 1.75 bits per heavy atom. The van der Waals surface area contributed by atoms with Crippen LogP contribution in [-0.2, 0) is 24.1 Å². The van der Waals surface area contributed by atoms with Crippen molar-refractivity contribution >= 4 is 58.9 Å². The summed E-state index contributed by atoms with van der Waals surface area (Å²) in [6, 6.07) is 16.5. The lowest BCUT2D eigenvalue weighted by Crippen LogP contribution is -2.19. The molecule has 0 aliphatic heterocycles. The van der Waals surface area contributed by atoms with Crippen LogP contribution in [0.5, 0.6) is 0 Å². The molecular formula is C25H21BrN6O3S. The molecule has 3 aromatic carbocycles. The fourth-order valence-electron chi connectivity index (χ4n) is 4.73. The van der Waals surface area contributed by atoms with Gasteiger partial charge in [-0.3, -0.25) is 13.7 Å². The number of H-pyrrole nitrogens is 1. The van der Waals surface area contributed by atoms with Crippen molar-refractivity contribution in [3.05, 3.63) is 75.8 Å². The number of imidazole rings is 2. The van der Waals surface area contributed by atoms with E-state index in [0.29, 0.717) is 16.9 Å².